The topological polar surface area (TPSA) is 133 Å². The number of aliphatic hydroxyl groups is 1. The Kier molecular flexibility index (Phi) is 6.75. The van der Waals surface area contributed by atoms with Crippen molar-refractivity contribution in [2.45, 2.75) is 23.1 Å². The lowest BCUT2D eigenvalue weighted by Gasteiger charge is -2.13. The molecule has 0 saturated carbocycles. The number of hydrogen-bond acceptors (Lipinski definition) is 6. The SMILES string of the molecule is O=C(CCNS(=O)(=O)c1cccs1)N[C@@H](CCO)C(=O)O. The van der Waals surface area contributed by atoms with Crippen LogP contribution in [0.2, 0.25) is 0 Å². The zero-order valence-corrected chi connectivity index (χ0v) is 12.6. The van der Waals surface area contributed by atoms with Crippen molar-refractivity contribution in [3.05, 3.63) is 17.5 Å². The van der Waals surface area contributed by atoms with Crippen LogP contribution in [0.3, 0.4) is 0 Å². The number of aliphatic carboxylic acids is 1. The van der Waals surface area contributed by atoms with Crippen molar-refractivity contribution in [1.29, 1.82) is 0 Å². The van der Waals surface area contributed by atoms with Gasteiger partial charge < -0.3 is 15.5 Å². The minimum atomic E-state index is -3.64. The van der Waals surface area contributed by atoms with Gasteiger partial charge in [-0.05, 0) is 11.4 Å². The van der Waals surface area contributed by atoms with Crippen molar-refractivity contribution in [2.24, 2.45) is 0 Å². The minimum absolute atomic E-state index is 0.109. The first-order valence-electron chi connectivity index (χ1n) is 6.03. The van der Waals surface area contributed by atoms with Gasteiger partial charge in [0.1, 0.15) is 10.3 Å². The van der Waals surface area contributed by atoms with Crippen LogP contribution >= 0.6 is 11.3 Å². The fourth-order valence-electron chi connectivity index (χ4n) is 1.44. The molecule has 0 aliphatic rings. The molecule has 0 aliphatic heterocycles. The number of rotatable bonds is 9. The Morgan fingerprint density at radius 1 is 1.38 bits per heavy atom. The van der Waals surface area contributed by atoms with Crippen LogP contribution in [0.5, 0.6) is 0 Å². The molecule has 21 heavy (non-hydrogen) atoms. The number of thiophene rings is 1. The first kappa shape index (κ1) is 17.6. The fraction of sp³-hybridized carbons (Fsp3) is 0.455. The van der Waals surface area contributed by atoms with Crippen LogP contribution < -0.4 is 10.0 Å². The number of carboxylic acid groups (broad SMARTS) is 1. The molecule has 1 amide bonds. The molecule has 1 rings (SSSR count). The third-order valence-electron chi connectivity index (χ3n) is 2.46. The number of carbonyl (C=O) groups excluding carboxylic acids is 1. The zero-order valence-electron chi connectivity index (χ0n) is 11.0. The van der Waals surface area contributed by atoms with E-state index in [0.29, 0.717) is 0 Å². The molecule has 0 aromatic carbocycles. The maximum atomic E-state index is 11.7. The number of amides is 1. The van der Waals surface area contributed by atoms with Gasteiger partial charge in [0.05, 0.1) is 0 Å². The summed E-state index contributed by atoms with van der Waals surface area (Å²) in [6.07, 6.45) is -0.304. The highest BCUT2D eigenvalue weighted by molar-refractivity contribution is 7.91. The lowest BCUT2D eigenvalue weighted by molar-refractivity contribution is -0.142. The van der Waals surface area contributed by atoms with Gasteiger partial charge in [0.2, 0.25) is 15.9 Å². The Bertz CT molecular complexity index is 570. The van der Waals surface area contributed by atoms with E-state index in [2.05, 4.69) is 10.0 Å². The number of carboxylic acids is 1. The molecule has 0 unspecified atom stereocenters. The number of aliphatic hydroxyl groups excluding tert-OH is 1. The lowest BCUT2D eigenvalue weighted by atomic mass is 10.2. The summed E-state index contributed by atoms with van der Waals surface area (Å²) in [6.45, 7) is -0.514. The first-order valence-corrected chi connectivity index (χ1v) is 8.39. The molecule has 1 aromatic rings. The summed E-state index contributed by atoms with van der Waals surface area (Å²) < 4.78 is 25.9. The van der Waals surface area contributed by atoms with Crippen molar-refractivity contribution in [3.8, 4) is 0 Å². The second kappa shape index (κ2) is 8.08. The Balaban J connectivity index is 2.42. The smallest absolute Gasteiger partial charge is 0.326 e. The highest BCUT2D eigenvalue weighted by Crippen LogP contribution is 2.14. The molecule has 0 saturated heterocycles. The maximum Gasteiger partial charge on any atom is 0.326 e. The largest absolute Gasteiger partial charge is 0.480 e. The van der Waals surface area contributed by atoms with Gasteiger partial charge in [0, 0.05) is 26.0 Å². The lowest BCUT2D eigenvalue weighted by Crippen LogP contribution is -2.42. The predicted octanol–water partition coefficient (Wildman–Crippen LogP) is -0.632. The van der Waals surface area contributed by atoms with Crippen molar-refractivity contribution < 1.29 is 28.2 Å². The summed E-state index contributed by atoms with van der Waals surface area (Å²) in [7, 11) is -3.64. The van der Waals surface area contributed by atoms with Crippen LogP contribution in [-0.4, -0.2) is 49.7 Å². The van der Waals surface area contributed by atoms with E-state index in [-0.39, 0.29) is 30.2 Å². The second-order valence-electron chi connectivity index (χ2n) is 4.05. The van der Waals surface area contributed by atoms with Gasteiger partial charge in [-0.3, -0.25) is 4.79 Å². The fourth-order valence-corrected chi connectivity index (χ4v) is 3.51. The molecule has 1 atom stereocenters. The summed E-state index contributed by atoms with van der Waals surface area (Å²) in [5, 5.41) is 21.3. The van der Waals surface area contributed by atoms with Gasteiger partial charge in [-0.1, -0.05) is 6.07 Å². The van der Waals surface area contributed by atoms with Crippen LogP contribution in [0.15, 0.2) is 21.7 Å². The third kappa shape index (κ3) is 5.79. The molecule has 0 fully saturated rings. The summed E-state index contributed by atoms with van der Waals surface area (Å²) in [6, 6.07) is 1.85. The first-order chi connectivity index (χ1) is 9.86. The monoisotopic (exact) mass is 336 g/mol. The van der Waals surface area contributed by atoms with Crippen molar-refractivity contribution in [1.82, 2.24) is 10.0 Å². The number of carbonyl (C=O) groups is 2. The van der Waals surface area contributed by atoms with E-state index in [1.54, 1.807) is 11.4 Å². The van der Waals surface area contributed by atoms with Crippen molar-refractivity contribution >= 4 is 33.2 Å². The molecule has 0 aliphatic carbocycles. The van der Waals surface area contributed by atoms with E-state index in [0.717, 1.165) is 11.3 Å². The van der Waals surface area contributed by atoms with E-state index in [1.807, 2.05) is 0 Å². The number of nitrogens with one attached hydrogen (secondary N) is 2. The summed E-state index contributed by atoms with van der Waals surface area (Å²) in [5.74, 6) is -1.86. The normalized spacial score (nSPS) is 12.8. The van der Waals surface area contributed by atoms with Gasteiger partial charge in [0.25, 0.3) is 0 Å². The van der Waals surface area contributed by atoms with Crippen LogP contribution in [0, 0.1) is 0 Å². The van der Waals surface area contributed by atoms with Gasteiger partial charge in [-0.15, -0.1) is 11.3 Å². The molecule has 1 aromatic heterocycles. The molecule has 0 spiro atoms. The predicted molar refractivity (Wildman–Crippen MR) is 75.4 cm³/mol. The maximum absolute atomic E-state index is 11.7. The Hall–Kier alpha value is -1.49. The molecule has 118 valence electrons. The second-order valence-corrected chi connectivity index (χ2v) is 6.99. The zero-order chi connectivity index (χ0) is 15.9. The van der Waals surface area contributed by atoms with Gasteiger partial charge in [-0.25, -0.2) is 17.9 Å². The molecule has 0 bridgehead atoms. The van der Waals surface area contributed by atoms with Crippen LogP contribution in [-0.2, 0) is 19.6 Å². The van der Waals surface area contributed by atoms with Crippen LogP contribution in [0.1, 0.15) is 12.8 Å². The number of sulfonamides is 1. The standard InChI is InChI=1S/C11H16N2O6S2/c14-6-4-8(11(16)17)13-9(15)3-5-12-21(18,19)10-2-1-7-20-10/h1-2,7-8,12,14H,3-6H2,(H,13,15)(H,16,17)/t8-/m0/s1. The van der Waals surface area contributed by atoms with Gasteiger partial charge in [0.15, 0.2) is 0 Å². The average molecular weight is 336 g/mol. The summed E-state index contributed by atoms with van der Waals surface area (Å²) >= 11 is 1.05. The summed E-state index contributed by atoms with van der Waals surface area (Å²) in [5.41, 5.74) is 0. The molecule has 0 radical (unpaired) electrons. The highest BCUT2D eigenvalue weighted by atomic mass is 32.2. The van der Waals surface area contributed by atoms with E-state index in [9.17, 15) is 18.0 Å². The molecule has 8 nitrogen and oxygen atoms in total. The minimum Gasteiger partial charge on any atom is -0.480 e. The third-order valence-corrected chi connectivity index (χ3v) is 5.31. The van der Waals surface area contributed by atoms with Gasteiger partial charge >= 0.3 is 5.97 Å². The van der Waals surface area contributed by atoms with E-state index in [4.69, 9.17) is 10.2 Å². The highest BCUT2D eigenvalue weighted by Gasteiger charge is 2.20. The average Bonchev–Trinajstić information content (AvgIpc) is 2.92. The quantitative estimate of drug-likeness (QED) is 0.474. The van der Waals surface area contributed by atoms with Crippen molar-refractivity contribution in [2.75, 3.05) is 13.2 Å². The molecular formula is C11H16N2O6S2. The molecular weight excluding hydrogens is 320 g/mol. The van der Waals surface area contributed by atoms with Crippen molar-refractivity contribution in [3.63, 3.8) is 0 Å². The van der Waals surface area contributed by atoms with Crippen LogP contribution in [0.4, 0.5) is 0 Å². The van der Waals surface area contributed by atoms with Crippen LogP contribution in [0.25, 0.3) is 0 Å². The molecule has 4 N–H and O–H groups in total. The Labute approximate surface area is 125 Å². The number of hydrogen-bond donors (Lipinski definition) is 4. The summed E-state index contributed by atoms with van der Waals surface area (Å²) in [4.78, 5) is 22.3. The van der Waals surface area contributed by atoms with Gasteiger partial charge in [-0.2, -0.15) is 0 Å². The van der Waals surface area contributed by atoms with E-state index >= 15 is 0 Å². The molecule has 10 heteroatoms. The van der Waals surface area contributed by atoms with E-state index in [1.165, 1.54) is 6.07 Å². The Morgan fingerprint density at radius 3 is 2.62 bits per heavy atom. The Morgan fingerprint density at radius 2 is 2.10 bits per heavy atom. The van der Waals surface area contributed by atoms with E-state index < -0.39 is 27.9 Å². The molecule has 1 heterocycles.